The molecule has 2 aliphatic rings. The van der Waals surface area contributed by atoms with E-state index in [4.69, 9.17) is 0 Å². The van der Waals surface area contributed by atoms with Gasteiger partial charge < -0.3 is 5.32 Å². The first kappa shape index (κ1) is 25.2. The zero-order valence-corrected chi connectivity index (χ0v) is 21.5. The van der Waals surface area contributed by atoms with Gasteiger partial charge in [-0.15, -0.1) is 0 Å². The van der Waals surface area contributed by atoms with Crippen LogP contribution in [-0.4, -0.2) is 62.0 Å². The number of rotatable bonds is 6. The molecule has 3 rings (SSSR count). The van der Waals surface area contributed by atoms with Gasteiger partial charge in [0.1, 0.15) is 0 Å². The van der Waals surface area contributed by atoms with Gasteiger partial charge in [-0.2, -0.15) is 0 Å². The topological polar surface area (TPSA) is 69.7 Å². The third kappa shape index (κ3) is 6.12. The molecule has 32 heavy (non-hydrogen) atoms. The molecule has 1 N–H and O–H groups in total. The molecular weight excluding hydrogens is 422 g/mol. The molecule has 0 aromatic heterocycles. The number of hydrogen-bond donors (Lipinski definition) is 1. The van der Waals surface area contributed by atoms with Gasteiger partial charge in [-0.25, -0.2) is 12.7 Å². The summed E-state index contributed by atoms with van der Waals surface area (Å²) in [5.41, 5.74) is 3.02. The Morgan fingerprint density at radius 3 is 2.25 bits per heavy atom. The van der Waals surface area contributed by atoms with Crippen LogP contribution >= 0.6 is 0 Å². The number of carbonyl (C=O) groups is 1. The first-order valence-corrected chi connectivity index (χ1v) is 13.5. The molecule has 0 radical (unpaired) electrons. The highest BCUT2D eigenvalue weighted by molar-refractivity contribution is 7.89. The van der Waals surface area contributed by atoms with Crippen LogP contribution in [0, 0.1) is 30.6 Å². The lowest BCUT2D eigenvalue weighted by Crippen LogP contribution is -2.57. The minimum absolute atomic E-state index is 0.00534. The Hall–Kier alpha value is -1.44. The summed E-state index contributed by atoms with van der Waals surface area (Å²) in [5.74, 6) is 0.353. The van der Waals surface area contributed by atoms with Crippen molar-refractivity contribution in [2.45, 2.75) is 60.8 Å². The van der Waals surface area contributed by atoms with Crippen molar-refractivity contribution in [3.63, 3.8) is 0 Å². The highest BCUT2D eigenvalue weighted by Crippen LogP contribution is 2.47. The average molecular weight is 464 g/mol. The van der Waals surface area contributed by atoms with E-state index in [9.17, 15) is 13.2 Å². The molecule has 2 fully saturated rings. The third-order valence-electron chi connectivity index (χ3n) is 6.94. The van der Waals surface area contributed by atoms with Gasteiger partial charge in [-0.3, -0.25) is 9.69 Å². The van der Waals surface area contributed by atoms with E-state index in [1.165, 1.54) is 0 Å². The van der Waals surface area contributed by atoms with Crippen LogP contribution in [0.5, 0.6) is 0 Å². The zero-order valence-electron chi connectivity index (χ0n) is 20.7. The third-order valence-corrected chi connectivity index (χ3v) is 9.07. The standard InChI is InChI=1S/C25H41N3O3S/c1-19(2)15-32(30,31)28-17-24(5,6)16-25(18-28)10-12-27(13-11-25)14-22(29)26-23-20(3)8-7-9-21(23)4/h7-9,19H,10-18H2,1-6H3,(H,26,29). The number of para-hydroxylation sites is 1. The van der Waals surface area contributed by atoms with Crippen molar-refractivity contribution in [3.05, 3.63) is 29.3 Å². The van der Waals surface area contributed by atoms with Gasteiger partial charge in [0.25, 0.3) is 0 Å². The molecule has 1 aromatic carbocycles. The van der Waals surface area contributed by atoms with Crippen molar-refractivity contribution >= 4 is 21.6 Å². The fourth-order valence-corrected chi connectivity index (χ4v) is 7.74. The Labute approximate surface area is 194 Å². The summed E-state index contributed by atoms with van der Waals surface area (Å²) < 4.78 is 27.8. The highest BCUT2D eigenvalue weighted by atomic mass is 32.2. The van der Waals surface area contributed by atoms with E-state index < -0.39 is 10.0 Å². The molecule has 0 bridgehead atoms. The van der Waals surface area contributed by atoms with Crippen molar-refractivity contribution in [1.29, 1.82) is 0 Å². The Bertz CT molecular complexity index is 912. The lowest BCUT2D eigenvalue weighted by Gasteiger charge is -2.52. The van der Waals surface area contributed by atoms with Crippen LogP contribution in [0.15, 0.2) is 18.2 Å². The monoisotopic (exact) mass is 463 g/mol. The van der Waals surface area contributed by atoms with E-state index in [0.717, 1.165) is 49.2 Å². The van der Waals surface area contributed by atoms with Crippen molar-refractivity contribution in [2.24, 2.45) is 16.7 Å². The zero-order chi connectivity index (χ0) is 23.7. The molecule has 1 aromatic rings. The molecule has 7 heteroatoms. The molecule has 2 aliphatic heterocycles. The van der Waals surface area contributed by atoms with Crippen LogP contribution in [0.1, 0.15) is 58.1 Å². The highest BCUT2D eigenvalue weighted by Gasteiger charge is 2.47. The van der Waals surface area contributed by atoms with Crippen LogP contribution < -0.4 is 5.32 Å². The van der Waals surface area contributed by atoms with Crippen LogP contribution in [-0.2, 0) is 14.8 Å². The number of likely N-dealkylation sites (tertiary alicyclic amines) is 1. The minimum Gasteiger partial charge on any atom is -0.324 e. The largest absolute Gasteiger partial charge is 0.324 e. The smallest absolute Gasteiger partial charge is 0.238 e. The number of carbonyl (C=O) groups excluding carboxylic acids is 1. The number of hydrogen-bond acceptors (Lipinski definition) is 4. The summed E-state index contributed by atoms with van der Waals surface area (Å²) in [6.07, 6.45) is 2.90. The Balaban J connectivity index is 1.62. The Morgan fingerprint density at radius 2 is 1.69 bits per heavy atom. The predicted molar refractivity (Wildman–Crippen MR) is 131 cm³/mol. The fraction of sp³-hybridized carbons (Fsp3) is 0.720. The van der Waals surface area contributed by atoms with E-state index in [-0.39, 0.29) is 28.4 Å². The molecule has 1 amide bonds. The molecule has 180 valence electrons. The van der Waals surface area contributed by atoms with Crippen LogP contribution in [0.4, 0.5) is 5.69 Å². The van der Waals surface area contributed by atoms with Gasteiger partial charge in [0.05, 0.1) is 12.3 Å². The van der Waals surface area contributed by atoms with Gasteiger partial charge >= 0.3 is 0 Å². The number of anilines is 1. The predicted octanol–water partition coefficient (Wildman–Crippen LogP) is 4.04. The molecule has 0 unspecified atom stereocenters. The second kappa shape index (κ2) is 9.43. The maximum absolute atomic E-state index is 13.0. The summed E-state index contributed by atoms with van der Waals surface area (Å²) in [4.78, 5) is 14.9. The average Bonchev–Trinajstić information content (AvgIpc) is 2.65. The summed E-state index contributed by atoms with van der Waals surface area (Å²) in [7, 11) is -3.25. The van der Waals surface area contributed by atoms with Gasteiger partial charge in [0.2, 0.25) is 15.9 Å². The number of benzene rings is 1. The quantitative estimate of drug-likeness (QED) is 0.691. The molecule has 1 spiro atoms. The first-order chi connectivity index (χ1) is 14.8. The van der Waals surface area contributed by atoms with Crippen molar-refractivity contribution in [2.75, 3.05) is 43.8 Å². The molecule has 0 saturated carbocycles. The Kier molecular flexibility index (Phi) is 7.42. The van der Waals surface area contributed by atoms with E-state index >= 15 is 0 Å². The van der Waals surface area contributed by atoms with Gasteiger partial charge in [0, 0.05) is 18.8 Å². The number of nitrogens with zero attached hydrogens (tertiary/aromatic N) is 2. The van der Waals surface area contributed by atoms with Crippen molar-refractivity contribution in [1.82, 2.24) is 9.21 Å². The van der Waals surface area contributed by atoms with Gasteiger partial charge in [-0.05, 0) is 74.1 Å². The van der Waals surface area contributed by atoms with Crippen LogP contribution in [0.25, 0.3) is 0 Å². The first-order valence-electron chi connectivity index (χ1n) is 11.9. The molecular formula is C25H41N3O3S. The molecule has 2 heterocycles. The minimum atomic E-state index is -3.25. The fourth-order valence-electron chi connectivity index (χ4n) is 5.67. The van der Waals surface area contributed by atoms with E-state index in [0.29, 0.717) is 19.6 Å². The maximum atomic E-state index is 13.0. The lowest BCUT2D eigenvalue weighted by molar-refractivity contribution is -0.118. The van der Waals surface area contributed by atoms with E-state index in [2.05, 4.69) is 24.1 Å². The summed E-state index contributed by atoms with van der Waals surface area (Å²) >= 11 is 0. The summed E-state index contributed by atoms with van der Waals surface area (Å²) in [5, 5.41) is 3.09. The molecule has 6 nitrogen and oxygen atoms in total. The number of sulfonamides is 1. The van der Waals surface area contributed by atoms with Crippen LogP contribution in [0.2, 0.25) is 0 Å². The molecule has 0 atom stereocenters. The van der Waals surface area contributed by atoms with Gasteiger partial charge in [-0.1, -0.05) is 45.9 Å². The normalized spacial score (nSPS) is 21.7. The number of piperidine rings is 2. The van der Waals surface area contributed by atoms with E-state index in [1.54, 1.807) is 4.31 Å². The Morgan fingerprint density at radius 1 is 1.09 bits per heavy atom. The van der Waals surface area contributed by atoms with E-state index in [1.807, 2.05) is 45.9 Å². The summed E-state index contributed by atoms with van der Waals surface area (Å²) in [6.45, 7) is 15.6. The SMILES string of the molecule is Cc1cccc(C)c1NC(=O)CN1CCC2(CC1)CN(S(=O)(=O)CC(C)C)CC(C)(C)C2. The van der Waals surface area contributed by atoms with Crippen molar-refractivity contribution < 1.29 is 13.2 Å². The summed E-state index contributed by atoms with van der Waals surface area (Å²) in [6, 6.07) is 6.02. The second-order valence-corrected chi connectivity index (χ2v) is 13.4. The second-order valence-electron chi connectivity index (χ2n) is 11.4. The molecule has 2 saturated heterocycles. The lowest BCUT2D eigenvalue weighted by atomic mass is 9.65. The number of aryl methyl sites for hydroxylation is 2. The van der Waals surface area contributed by atoms with Gasteiger partial charge in [0.15, 0.2) is 0 Å². The number of nitrogens with one attached hydrogen (secondary N) is 1. The van der Waals surface area contributed by atoms with Crippen LogP contribution in [0.3, 0.4) is 0 Å². The van der Waals surface area contributed by atoms with Crippen molar-refractivity contribution in [3.8, 4) is 0 Å². The molecule has 0 aliphatic carbocycles. The maximum Gasteiger partial charge on any atom is 0.238 e. The number of amides is 1.